The first-order valence-corrected chi connectivity index (χ1v) is 6.05. The van der Waals surface area contributed by atoms with Gasteiger partial charge in [-0.05, 0) is 18.2 Å². The molecule has 0 spiro atoms. The maximum Gasteiger partial charge on any atom is 0.377 e. The molecule has 2 N–H and O–H groups in total. The second kappa shape index (κ2) is 5.61. The SMILES string of the molecule is COC(=O)c1ncn(-c2cc(C(=O)N(C)C)ccc2N)n1. The third-order valence-corrected chi connectivity index (χ3v) is 2.79. The van der Waals surface area contributed by atoms with Crippen LogP contribution in [0.3, 0.4) is 0 Å². The molecule has 0 aliphatic carbocycles. The van der Waals surface area contributed by atoms with Crippen molar-refractivity contribution in [2.75, 3.05) is 26.9 Å². The number of nitrogens with two attached hydrogens (primary N) is 1. The summed E-state index contributed by atoms with van der Waals surface area (Å²) in [6.45, 7) is 0. The van der Waals surface area contributed by atoms with Crippen LogP contribution in [0.25, 0.3) is 5.69 Å². The van der Waals surface area contributed by atoms with Crippen molar-refractivity contribution in [1.29, 1.82) is 0 Å². The molecule has 1 amide bonds. The average Bonchev–Trinajstić information content (AvgIpc) is 2.95. The van der Waals surface area contributed by atoms with Crippen molar-refractivity contribution < 1.29 is 14.3 Å². The van der Waals surface area contributed by atoms with Crippen molar-refractivity contribution in [1.82, 2.24) is 19.7 Å². The van der Waals surface area contributed by atoms with Crippen LogP contribution in [0.1, 0.15) is 21.0 Å². The van der Waals surface area contributed by atoms with Crippen molar-refractivity contribution in [3.63, 3.8) is 0 Å². The van der Waals surface area contributed by atoms with E-state index in [0.29, 0.717) is 16.9 Å². The minimum atomic E-state index is -0.646. The Morgan fingerprint density at radius 2 is 2.05 bits per heavy atom. The fourth-order valence-corrected chi connectivity index (χ4v) is 1.70. The lowest BCUT2D eigenvalue weighted by Crippen LogP contribution is -2.22. The van der Waals surface area contributed by atoms with Crippen LogP contribution < -0.4 is 5.73 Å². The van der Waals surface area contributed by atoms with Gasteiger partial charge in [0.1, 0.15) is 6.33 Å². The number of rotatable bonds is 3. The summed E-state index contributed by atoms with van der Waals surface area (Å²) in [5, 5.41) is 3.98. The molecule has 0 unspecified atom stereocenters. The molecule has 1 aromatic heterocycles. The van der Waals surface area contributed by atoms with Gasteiger partial charge in [-0.2, -0.15) is 0 Å². The van der Waals surface area contributed by atoms with Crippen molar-refractivity contribution in [3.8, 4) is 5.69 Å². The Kier molecular flexibility index (Phi) is 3.88. The van der Waals surface area contributed by atoms with Gasteiger partial charge in [-0.3, -0.25) is 4.79 Å². The highest BCUT2D eigenvalue weighted by atomic mass is 16.5. The zero-order valence-corrected chi connectivity index (χ0v) is 11.9. The lowest BCUT2D eigenvalue weighted by Gasteiger charge is -2.12. The van der Waals surface area contributed by atoms with E-state index in [2.05, 4.69) is 14.8 Å². The first-order valence-electron chi connectivity index (χ1n) is 6.05. The molecule has 2 aromatic rings. The number of aromatic nitrogens is 3. The van der Waals surface area contributed by atoms with Gasteiger partial charge in [0.25, 0.3) is 11.7 Å². The van der Waals surface area contributed by atoms with Crippen molar-refractivity contribution in [3.05, 3.63) is 35.9 Å². The number of anilines is 1. The van der Waals surface area contributed by atoms with Gasteiger partial charge in [-0.15, -0.1) is 5.10 Å². The topological polar surface area (TPSA) is 103 Å². The average molecular weight is 289 g/mol. The van der Waals surface area contributed by atoms with E-state index in [1.807, 2.05) is 0 Å². The fraction of sp³-hybridized carbons (Fsp3) is 0.231. The molecule has 0 atom stereocenters. The number of hydrogen-bond acceptors (Lipinski definition) is 6. The van der Waals surface area contributed by atoms with Crippen molar-refractivity contribution >= 4 is 17.6 Å². The van der Waals surface area contributed by atoms with E-state index in [4.69, 9.17) is 5.73 Å². The molecule has 0 radical (unpaired) electrons. The summed E-state index contributed by atoms with van der Waals surface area (Å²) in [6, 6.07) is 4.82. The molecule has 0 aliphatic rings. The van der Waals surface area contributed by atoms with Crippen LogP contribution >= 0.6 is 0 Å². The van der Waals surface area contributed by atoms with Crippen molar-refractivity contribution in [2.24, 2.45) is 0 Å². The zero-order chi connectivity index (χ0) is 15.6. The molecule has 0 saturated carbocycles. The Morgan fingerprint density at radius 3 is 2.67 bits per heavy atom. The monoisotopic (exact) mass is 289 g/mol. The summed E-state index contributed by atoms with van der Waals surface area (Å²) in [5.74, 6) is -0.890. The zero-order valence-electron chi connectivity index (χ0n) is 11.9. The molecule has 21 heavy (non-hydrogen) atoms. The number of amides is 1. The molecule has 8 nitrogen and oxygen atoms in total. The smallest absolute Gasteiger partial charge is 0.377 e. The van der Waals surface area contributed by atoms with Gasteiger partial charge in [-0.25, -0.2) is 14.5 Å². The highest BCUT2D eigenvalue weighted by Crippen LogP contribution is 2.19. The Bertz CT molecular complexity index is 693. The maximum absolute atomic E-state index is 12.0. The summed E-state index contributed by atoms with van der Waals surface area (Å²) in [4.78, 5) is 28.6. The highest BCUT2D eigenvalue weighted by Gasteiger charge is 2.15. The van der Waals surface area contributed by atoms with Crippen LogP contribution in [0.2, 0.25) is 0 Å². The number of nitrogens with zero attached hydrogens (tertiary/aromatic N) is 4. The van der Waals surface area contributed by atoms with E-state index in [1.54, 1.807) is 32.3 Å². The van der Waals surface area contributed by atoms with E-state index in [-0.39, 0.29) is 11.7 Å². The number of carbonyl (C=O) groups excluding carboxylic acids is 2. The van der Waals surface area contributed by atoms with Crippen molar-refractivity contribution in [2.45, 2.75) is 0 Å². The largest absolute Gasteiger partial charge is 0.463 e. The summed E-state index contributed by atoms with van der Waals surface area (Å²) in [7, 11) is 4.56. The standard InChI is InChI=1S/C13H15N5O3/c1-17(2)12(19)8-4-5-9(14)10(6-8)18-7-15-11(16-18)13(20)21-3/h4-7H,14H2,1-3H3. The van der Waals surface area contributed by atoms with E-state index < -0.39 is 5.97 Å². The van der Waals surface area contributed by atoms with Gasteiger partial charge in [0.15, 0.2) is 0 Å². The van der Waals surface area contributed by atoms with Gasteiger partial charge >= 0.3 is 5.97 Å². The molecule has 1 heterocycles. The van der Waals surface area contributed by atoms with Crippen LogP contribution in [0.15, 0.2) is 24.5 Å². The van der Waals surface area contributed by atoms with Crippen LogP contribution in [-0.2, 0) is 4.74 Å². The van der Waals surface area contributed by atoms with Gasteiger partial charge < -0.3 is 15.4 Å². The Morgan fingerprint density at radius 1 is 1.33 bits per heavy atom. The molecule has 0 saturated heterocycles. The molecule has 2 rings (SSSR count). The summed E-state index contributed by atoms with van der Waals surface area (Å²) >= 11 is 0. The number of methoxy groups -OCH3 is 1. The van der Waals surface area contributed by atoms with Crippen LogP contribution in [0, 0.1) is 0 Å². The van der Waals surface area contributed by atoms with E-state index >= 15 is 0 Å². The number of esters is 1. The van der Waals surface area contributed by atoms with Gasteiger partial charge in [0, 0.05) is 19.7 Å². The third kappa shape index (κ3) is 2.83. The van der Waals surface area contributed by atoms with Crippen LogP contribution in [0.5, 0.6) is 0 Å². The molecular formula is C13H15N5O3. The lowest BCUT2D eigenvalue weighted by molar-refractivity contribution is 0.0586. The number of benzene rings is 1. The molecule has 0 bridgehead atoms. The first kappa shape index (κ1) is 14.5. The normalized spacial score (nSPS) is 10.2. The number of ether oxygens (including phenoxy) is 1. The predicted octanol–water partition coefficient (Wildman–Crippen LogP) is 0.338. The van der Waals surface area contributed by atoms with Crippen LogP contribution in [-0.4, -0.2) is 52.7 Å². The van der Waals surface area contributed by atoms with Gasteiger partial charge in [0.05, 0.1) is 18.5 Å². The number of hydrogen-bond donors (Lipinski definition) is 1. The summed E-state index contributed by atoms with van der Waals surface area (Å²) in [6.07, 6.45) is 1.34. The second-order valence-corrected chi connectivity index (χ2v) is 4.48. The number of carbonyl (C=O) groups is 2. The highest BCUT2D eigenvalue weighted by molar-refractivity contribution is 5.95. The quantitative estimate of drug-likeness (QED) is 0.645. The van der Waals surface area contributed by atoms with E-state index in [9.17, 15) is 9.59 Å². The molecule has 0 aliphatic heterocycles. The second-order valence-electron chi connectivity index (χ2n) is 4.48. The predicted molar refractivity (Wildman–Crippen MR) is 75.1 cm³/mol. The van der Waals surface area contributed by atoms with E-state index in [0.717, 1.165) is 0 Å². The third-order valence-electron chi connectivity index (χ3n) is 2.79. The number of nitrogen functional groups attached to an aromatic ring is 1. The van der Waals surface area contributed by atoms with E-state index in [1.165, 1.54) is 23.0 Å². The molecule has 110 valence electrons. The lowest BCUT2D eigenvalue weighted by atomic mass is 10.1. The molecule has 1 aromatic carbocycles. The molecule has 8 heteroatoms. The minimum absolute atomic E-state index is 0.0822. The summed E-state index contributed by atoms with van der Waals surface area (Å²) in [5.41, 5.74) is 7.22. The summed E-state index contributed by atoms with van der Waals surface area (Å²) < 4.78 is 5.87. The maximum atomic E-state index is 12.0. The Balaban J connectivity index is 2.43. The minimum Gasteiger partial charge on any atom is -0.463 e. The molecular weight excluding hydrogens is 274 g/mol. The Hall–Kier alpha value is -2.90. The fourth-order valence-electron chi connectivity index (χ4n) is 1.70. The molecule has 0 fully saturated rings. The van der Waals surface area contributed by atoms with Gasteiger partial charge in [-0.1, -0.05) is 0 Å². The van der Waals surface area contributed by atoms with Crippen LogP contribution in [0.4, 0.5) is 5.69 Å². The van der Waals surface area contributed by atoms with Gasteiger partial charge in [0.2, 0.25) is 0 Å². The first-order chi connectivity index (χ1) is 9.93. The Labute approximate surface area is 121 Å².